The summed E-state index contributed by atoms with van der Waals surface area (Å²) >= 11 is 0. The SMILES string of the molecule is Cc1n[nH]c(C)c1C(C)N(C)C(=O)c1cc2nc(-c3ccco3)cc(C(F)(F)F)n2n1. The number of H-pyrrole nitrogens is 1. The van der Waals surface area contributed by atoms with Gasteiger partial charge in [-0.2, -0.15) is 23.4 Å². The highest BCUT2D eigenvalue weighted by Crippen LogP contribution is 2.33. The van der Waals surface area contributed by atoms with E-state index in [9.17, 15) is 18.0 Å². The molecule has 31 heavy (non-hydrogen) atoms. The molecule has 0 bridgehead atoms. The molecule has 1 unspecified atom stereocenters. The summed E-state index contributed by atoms with van der Waals surface area (Å²) in [6.45, 7) is 5.46. The van der Waals surface area contributed by atoms with E-state index in [1.807, 2.05) is 20.8 Å². The number of alkyl halides is 3. The Labute approximate surface area is 174 Å². The van der Waals surface area contributed by atoms with Crippen molar-refractivity contribution >= 4 is 11.6 Å². The fourth-order valence-electron chi connectivity index (χ4n) is 3.56. The molecule has 8 nitrogen and oxygen atoms in total. The first-order valence-corrected chi connectivity index (χ1v) is 9.38. The molecule has 1 atom stereocenters. The highest BCUT2D eigenvalue weighted by molar-refractivity contribution is 5.93. The molecule has 4 aromatic rings. The third-order valence-electron chi connectivity index (χ3n) is 5.21. The van der Waals surface area contributed by atoms with Crippen molar-refractivity contribution in [3.8, 4) is 11.5 Å². The van der Waals surface area contributed by atoms with E-state index in [1.165, 1.54) is 23.3 Å². The van der Waals surface area contributed by atoms with Gasteiger partial charge in [-0.25, -0.2) is 9.50 Å². The third-order valence-corrected chi connectivity index (χ3v) is 5.21. The summed E-state index contributed by atoms with van der Waals surface area (Å²) in [5.41, 5.74) is 1.07. The lowest BCUT2D eigenvalue weighted by Crippen LogP contribution is -2.30. The van der Waals surface area contributed by atoms with Crippen LogP contribution in [0, 0.1) is 13.8 Å². The maximum atomic E-state index is 13.7. The Morgan fingerprint density at radius 2 is 2.03 bits per heavy atom. The number of carbonyl (C=O) groups excluding carboxylic acids is 1. The molecule has 4 aromatic heterocycles. The van der Waals surface area contributed by atoms with Gasteiger partial charge in [-0.3, -0.25) is 9.89 Å². The molecule has 0 fully saturated rings. The number of aromatic amines is 1. The van der Waals surface area contributed by atoms with Gasteiger partial charge in [0.2, 0.25) is 0 Å². The summed E-state index contributed by atoms with van der Waals surface area (Å²) in [5, 5.41) is 10.9. The number of halogens is 3. The van der Waals surface area contributed by atoms with Crippen LogP contribution in [0.3, 0.4) is 0 Å². The monoisotopic (exact) mass is 432 g/mol. The molecule has 0 spiro atoms. The van der Waals surface area contributed by atoms with Crippen molar-refractivity contribution in [2.45, 2.75) is 33.0 Å². The summed E-state index contributed by atoms with van der Waals surface area (Å²) in [7, 11) is 1.56. The van der Waals surface area contributed by atoms with Gasteiger partial charge in [0.25, 0.3) is 5.91 Å². The Bertz CT molecular complexity index is 1240. The zero-order valence-electron chi connectivity index (χ0n) is 17.2. The number of hydrogen-bond acceptors (Lipinski definition) is 5. The van der Waals surface area contributed by atoms with Gasteiger partial charge in [0.05, 0.1) is 18.0 Å². The van der Waals surface area contributed by atoms with Crippen LogP contribution in [0.4, 0.5) is 13.2 Å². The number of amides is 1. The van der Waals surface area contributed by atoms with Crippen molar-refractivity contribution in [3.05, 3.63) is 58.9 Å². The van der Waals surface area contributed by atoms with E-state index in [0.29, 0.717) is 4.52 Å². The molecule has 11 heteroatoms. The molecule has 1 N–H and O–H groups in total. The Kier molecular flexibility index (Phi) is 4.83. The molecule has 0 aliphatic carbocycles. The maximum absolute atomic E-state index is 13.7. The van der Waals surface area contributed by atoms with Crippen LogP contribution < -0.4 is 0 Å². The first-order valence-electron chi connectivity index (χ1n) is 9.38. The van der Waals surface area contributed by atoms with E-state index < -0.39 is 17.8 Å². The highest BCUT2D eigenvalue weighted by Gasteiger charge is 2.36. The minimum atomic E-state index is -4.71. The molecule has 162 valence electrons. The van der Waals surface area contributed by atoms with Crippen LogP contribution in [-0.4, -0.2) is 42.7 Å². The maximum Gasteiger partial charge on any atom is 0.433 e. The number of aryl methyl sites for hydroxylation is 2. The van der Waals surface area contributed by atoms with Crippen LogP contribution in [0.5, 0.6) is 0 Å². The van der Waals surface area contributed by atoms with Gasteiger partial charge in [0.15, 0.2) is 22.8 Å². The second-order valence-corrected chi connectivity index (χ2v) is 7.24. The summed E-state index contributed by atoms with van der Waals surface area (Å²) in [5.74, 6) is -0.357. The number of carbonyl (C=O) groups is 1. The lowest BCUT2D eigenvalue weighted by molar-refractivity contribution is -0.142. The smallest absolute Gasteiger partial charge is 0.433 e. The van der Waals surface area contributed by atoms with Gasteiger partial charge in [-0.05, 0) is 39.0 Å². The predicted molar refractivity (Wildman–Crippen MR) is 104 cm³/mol. The Morgan fingerprint density at radius 1 is 1.29 bits per heavy atom. The molecule has 4 heterocycles. The lowest BCUT2D eigenvalue weighted by atomic mass is 10.1. The van der Waals surface area contributed by atoms with Crippen LogP contribution in [0.1, 0.15) is 46.1 Å². The van der Waals surface area contributed by atoms with Crippen LogP contribution >= 0.6 is 0 Å². The van der Waals surface area contributed by atoms with Gasteiger partial charge < -0.3 is 9.32 Å². The van der Waals surface area contributed by atoms with Crippen LogP contribution in [0.25, 0.3) is 17.1 Å². The molecular weight excluding hydrogens is 413 g/mol. The number of nitrogens with one attached hydrogen (secondary N) is 1. The first kappa shape index (κ1) is 20.6. The van der Waals surface area contributed by atoms with E-state index >= 15 is 0 Å². The molecule has 1 amide bonds. The standard InChI is InChI=1S/C20H19F3N6O2/c1-10-18(11(2)26-25-10)12(3)28(4)19(30)14-9-17-24-13(15-6-5-7-31-15)8-16(20(21,22)23)29(17)27-14/h5-9,12H,1-4H3,(H,25,26). The van der Waals surface area contributed by atoms with Crippen LogP contribution in [0.2, 0.25) is 0 Å². The average molecular weight is 432 g/mol. The summed E-state index contributed by atoms with van der Waals surface area (Å²) < 4.78 is 46.9. The zero-order valence-corrected chi connectivity index (χ0v) is 17.2. The quantitative estimate of drug-likeness (QED) is 0.522. The predicted octanol–water partition coefficient (Wildman–Crippen LogP) is 4.18. The van der Waals surface area contributed by atoms with Crippen molar-refractivity contribution in [3.63, 3.8) is 0 Å². The van der Waals surface area contributed by atoms with Gasteiger partial charge >= 0.3 is 6.18 Å². The highest BCUT2D eigenvalue weighted by atomic mass is 19.4. The summed E-state index contributed by atoms with van der Waals surface area (Å²) in [6, 6.07) is 4.77. The van der Waals surface area contributed by atoms with Gasteiger partial charge in [0, 0.05) is 24.4 Å². The fraction of sp³-hybridized carbons (Fsp3) is 0.300. The molecule has 0 aromatic carbocycles. The molecular formula is C20H19F3N6O2. The van der Waals surface area contributed by atoms with Crippen molar-refractivity contribution < 1.29 is 22.4 Å². The molecule has 0 saturated heterocycles. The van der Waals surface area contributed by atoms with Crippen molar-refractivity contribution in [1.29, 1.82) is 0 Å². The Hall–Kier alpha value is -3.63. The van der Waals surface area contributed by atoms with Crippen molar-refractivity contribution in [2.24, 2.45) is 0 Å². The van der Waals surface area contributed by atoms with Crippen LogP contribution in [-0.2, 0) is 6.18 Å². The summed E-state index contributed by atoms with van der Waals surface area (Å²) in [6.07, 6.45) is -3.37. The van der Waals surface area contributed by atoms with Crippen molar-refractivity contribution in [1.82, 2.24) is 29.7 Å². The van der Waals surface area contributed by atoms with E-state index in [4.69, 9.17) is 4.42 Å². The second kappa shape index (κ2) is 7.25. The summed E-state index contributed by atoms with van der Waals surface area (Å²) in [4.78, 5) is 18.6. The number of rotatable bonds is 4. The molecule has 0 radical (unpaired) electrons. The lowest BCUT2D eigenvalue weighted by Gasteiger charge is -2.24. The Balaban J connectivity index is 1.77. The third kappa shape index (κ3) is 3.56. The largest absolute Gasteiger partial charge is 0.463 e. The zero-order chi connectivity index (χ0) is 22.5. The topological polar surface area (TPSA) is 92.3 Å². The van der Waals surface area contributed by atoms with E-state index in [-0.39, 0.29) is 28.8 Å². The molecule has 0 aliphatic heterocycles. The Morgan fingerprint density at radius 3 is 2.61 bits per heavy atom. The van der Waals surface area contributed by atoms with Gasteiger partial charge in [-0.15, -0.1) is 0 Å². The van der Waals surface area contributed by atoms with Gasteiger partial charge in [0.1, 0.15) is 5.69 Å². The van der Waals surface area contributed by atoms with E-state index in [0.717, 1.165) is 23.0 Å². The van der Waals surface area contributed by atoms with Gasteiger partial charge in [-0.1, -0.05) is 0 Å². The average Bonchev–Trinajstić information content (AvgIpc) is 3.44. The molecule has 0 saturated carbocycles. The van der Waals surface area contributed by atoms with Crippen molar-refractivity contribution in [2.75, 3.05) is 7.05 Å². The van der Waals surface area contributed by atoms with E-state index in [1.54, 1.807) is 13.1 Å². The number of nitrogens with zero attached hydrogens (tertiary/aromatic N) is 5. The second-order valence-electron chi connectivity index (χ2n) is 7.24. The number of furan rings is 1. The minimum Gasteiger partial charge on any atom is -0.463 e. The number of hydrogen-bond donors (Lipinski definition) is 1. The minimum absolute atomic E-state index is 0.00454. The molecule has 0 aliphatic rings. The number of aromatic nitrogens is 5. The van der Waals surface area contributed by atoms with Crippen LogP contribution in [0.15, 0.2) is 34.9 Å². The number of fused-ring (bicyclic) bond motifs is 1. The molecule has 4 rings (SSSR count). The fourth-order valence-corrected chi connectivity index (χ4v) is 3.56. The van der Waals surface area contributed by atoms with E-state index in [2.05, 4.69) is 20.3 Å². The first-order chi connectivity index (χ1) is 14.6. The normalized spacial score (nSPS) is 13.0.